The number of nitrogens with zero attached hydrogens (tertiary/aromatic N) is 4. The summed E-state index contributed by atoms with van der Waals surface area (Å²) >= 11 is 0. The predicted molar refractivity (Wildman–Crippen MR) is 300 cm³/mol. The molecular weight excluding hydrogens is 1030 g/mol. The zero-order chi connectivity index (χ0) is 55.9. The molecule has 6 aromatic carbocycles. The second kappa shape index (κ2) is 29.3. The van der Waals surface area contributed by atoms with Crippen molar-refractivity contribution in [3.05, 3.63) is 181 Å². The van der Waals surface area contributed by atoms with Crippen LogP contribution in [0.25, 0.3) is 12.2 Å². The molecule has 0 aliphatic heterocycles. The second-order valence-electron chi connectivity index (χ2n) is 17.0. The quantitative estimate of drug-likeness (QED) is 0.0365. The summed E-state index contributed by atoms with van der Waals surface area (Å²) in [4.78, 5) is 19.5. The van der Waals surface area contributed by atoms with E-state index < -0.39 is 30.0 Å². The highest BCUT2D eigenvalue weighted by Crippen LogP contribution is 2.32. The molecule has 0 fully saturated rings. The summed E-state index contributed by atoms with van der Waals surface area (Å²) in [6.45, 7) is 21.0. The van der Waals surface area contributed by atoms with Crippen molar-refractivity contribution in [2.24, 2.45) is 0 Å². The number of hydrogen-bond acceptors (Lipinski definition) is 16. The van der Waals surface area contributed by atoms with Crippen LogP contribution in [0.1, 0.15) is 52.7 Å². The predicted octanol–water partition coefficient (Wildman–Crippen LogP) is 9.76. The van der Waals surface area contributed by atoms with Gasteiger partial charge in [0, 0.05) is 23.5 Å². The Morgan fingerprint density at radius 1 is 0.410 bits per heavy atom. The van der Waals surface area contributed by atoms with E-state index in [1.807, 2.05) is 24.3 Å². The Hall–Kier alpha value is -8.24. The number of rotatable bonds is 22. The van der Waals surface area contributed by atoms with Gasteiger partial charge in [0.1, 0.15) is 54.9 Å². The highest BCUT2D eigenvalue weighted by atomic mass is 32.2. The summed E-state index contributed by atoms with van der Waals surface area (Å²) in [6.07, 6.45) is 2.41. The van der Waals surface area contributed by atoms with Gasteiger partial charge in [0.05, 0.1) is 49.1 Å². The van der Waals surface area contributed by atoms with Gasteiger partial charge in [-0.3, -0.25) is 0 Å². The van der Waals surface area contributed by atoms with Crippen molar-refractivity contribution < 1.29 is 54.7 Å². The number of nitrogens with one attached hydrogen (secondary N) is 4. The molecule has 0 amide bonds. The van der Waals surface area contributed by atoms with Crippen LogP contribution in [-0.4, -0.2) is 85.1 Å². The average molecular weight is 1100 g/mol. The number of para-hydroxylation sites is 4. The van der Waals surface area contributed by atoms with Gasteiger partial charge in [-0.2, -0.15) is 19.9 Å². The topological polar surface area (TPSA) is 236 Å². The Balaban J connectivity index is 0.000000621. The van der Waals surface area contributed by atoms with E-state index in [1.165, 1.54) is 87.8 Å². The van der Waals surface area contributed by atoms with Crippen LogP contribution in [0.2, 0.25) is 0 Å². The van der Waals surface area contributed by atoms with Crippen molar-refractivity contribution in [1.82, 2.24) is 19.9 Å². The molecule has 78 heavy (non-hydrogen) atoms. The molecule has 0 radical (unpaired) electrons. The third-order valence-corrected chi connectivity index (χ3v) is 13.5. The minimum Gasteiger partial charge on any atom is -0.744 e. The maximum atomic E-state index is 12.6. The van der Waals surface area contributed by atoms with E-state index in [9.17, 15) is 25.9 Å². The summed E-state index contributed by atoms with van der Waals surface area (Å²) in [6, 6.07) is 45.7. The van der Waals surface area contributed by atoms with Crippen molar-refractivity contribution in [2.45, 2.75) is 51.3 Å². The van der Waals surface area contributed by atoms with Gasteiger partial charge in [-0.05, 0) is 125 Å². The van der Waals surface area contributed by atoms with Gasteiger partial charge >= 0.3 is 12.0 Å². The first kappa shape index (κ1) is 59.0. The number of quaternary nitrogens is 2. The lowest BCUT2D eigenvalue weighted by Gasteiger charge is -2.16. The van der Waals surface area contributed by atoms with E-state index in [0.29, 0.717) is 23.0 Å². The first-order chi connectivity index (χ1) is 37.6. The van der Waals surface area contributed by atoms with Crippen LogP contribution < -0.4 is 39.4 Å². The lowest BCUT2D eigenvalue weighted by molar-refractivity contribution is -0.894. The SMILES string of the molecule is CC[NH+](CC)CC.CC[NH+](CC)CC.O=S(=O)([O-])c1cc(Nc2cc(Oc3ccccc3)nc(Oc3ccccc3)n2)ccc1/C=C/c1ccc(Nc2cc(Oc3ccccc3)nc(Oc3ccccc3)n2)cc1S(=O)(=O)[O-]. The lowest BCUT2D eigenvalue weighted by Crippen LogP contribution is -3.11. The van der Waals surface area contributed by atoms with E-state index in [2.05, 4.69) is 72.1 Å². The molecule has 4 N–H and O–H groups in total. The Kier molecular flexibility index (Phi) is 22.2. The molecule has 2 heterocycles. The summed E-state index contributed by atoms with van der Waals surface area (Å²) in [7, 11) is -10.2. The van der Waals surface area contributed by atoms with Crippen LogP contribution in [0.3, 0.4) is 0 Å². The first-order valence-electron chi connectivity index (χ1n) is 25.4. The van der Waals surface area contributed by atoms with Gasteiger partial charge in [-0.15, -0.1) is 0 Å². The molecule has 8 aromatic rings. The summed E-state index contributed by atoms with van der Waals surface area (Å²) in [5.41, 5.74) is 0.0796. The number of benzene rings is 6. The van der Waals surface area contributed by atoms with Gasteiger partial charge in [0.15, 0.2) is 0 Å². The molecule has 0 aliphatic rings. The lowest BCUT2D eigenvalue weighted by atomic mass is 10.1. The number of ether oxygens (including phenoxy) is 4. The second-order valence-corrected chi connectivity index (χ2v) is 19.7. The largest absolute Gasteiger partial charge is 0.744 e. The van der Waals surface area contributed by atoms with E-state index in [0.717, 1.165) is 12.1 Å². The molecule has 18 nitrogen and oxygen atoms in total. The van der Waals surface area contributed by atoms with E-state index >= 15 is 0 Å². The molecule has 8 rings (SSSR count). The minimum absolute atomic E-state index is 0.0932. The summed E-state index contributed by atoms with van der Waals surface area (Å²) in [5, 5.41) is 5.93. The van der Waals surface area contributed by atoms with Crippen molar-refractivity contribution >= 4 is 55.4 Å². The third-order valence-electron chi connectivity index (χ3n) is 11.8. The van der Waals surface area contributed by atoms with Crippen molar-refractivity contribution in [2.75, 3.05) is 49.9 Å². The normalized spacial score (nSPS) is 11.3. The Morgan fingerprint density at radius 2 is 0.705 bits per heavy atom. The van der Waals surface area contributed by atoms with Crippen LogP contribution in [0.15, 0.2) is 180 Å². The smallest absolute Gasteiger partial charge is 0.327 e. The molecular formula is C58H64N8O10S2. The Labute approximate surface area is 456 Å². The van der Waals surface area contributed by atoms with Gasteiger partial charge in [-0.1, -0.05) is 97.1 Å². The molecule has 20 heteroatoms. The zero-order valence-corrected chi connectivity index (χ0v) is 45.9. The van der Waals surface area contributed by atoms with Crippen LogP contribution in [-0.2, 0) is 20.2 Å². The fraction of sp³-hybridized carbons (Fsp3) is 0.207. The highest BCUT2D eigenvalue weighted by molar-refractivity contribution is 7.86. The molecule has 0 saturated heterocycles. The van der Waals surface area contributed by atoms with E-state index in [-0.39, 0.29) is 57.9 Å². The van der Waals surface area contributed by atoms with Crippen LogP contribution >= 0.6 is 0 Å². The summed E-state index contributed by atoms with van der Waals surface area (Å²) < 4.78 is 99.2. The molecule has 408 valence electrons. The highest BCUT2D eigenvalue weighted by Gasteiger charge is 2.16. The molecule has 0 saturated carbocycles. The minimum atomic E-state index is -5.12. The number of hydrogen-bond donors (Lipinski definition) is 4. The molecule has 0 aliphatic carbocycles. The van der Waals surface area contributed by atoms with Crippen LogP contribution in [0, 0.1) is 0 Å². The van der Waals surface area contributed by atoms with Gasteiger partial charge in [0.2, 0.25) is 11.8 Å². The maximum Gasteiger partial charge on any atom is 0.327 e. The Morgan fingerprint density at radius 3 is 0.974 bits per heavy atom. The van der Waals surface area contributed by atoms with E-state index in [4.69, 9.17) is 18.9 Å². The van der Waals surface area contributed by atoms with Crippen molar-refractivity contribution in [1.29, 1.82) is 0 Å². The molecule has 0 bridgehead atoms. The van der Waals surface area contributed by atoms with E-state index in [1.54, 1.807) is 107 Å². The summed E-state index contributed by atoms with van der Waals surface area (Å²) in [5.74, 6) is 2.29. The van der Waals surface area contributed by atoms with Gasteiger partial charge < -0.3 is 48.5 Å². The van der Waals surface area contributed by atoms with Crippen molar-refractivity contribution in [3.63, 3.8) is 0 Å². The van der Waals surface area contributed by atoms with Crippen LogP contribution in [0.4, 0.5) is 23.0 Å². The third kappa shape index (κ3) is 18.8. The van der Waals surface area contributed by atoms with Crippen molar-refractivity contribution in [3.8, 4) is 46.8 Å². The number of anilines is 4. The molecule has 0 spiro atoms. The Bertz CT molecular complexity index is 3040. The monoisotopic (exact) mass is 1100 g/mol. The molecule has 0 atom stereocenters. The fourth-order valence-electron chi connectivity index (χ4n) is 7.45. The van der Waals surface area contributed by atoms with Gasteiger partial charge in [0.25, 0.3) is 0 Å². The molecule has 2 aromatic heterocycles. The fourth-order valence-corrected chi connectivity index (χ4v) is 8.84. The molecule has 0 unspecified atom stereocenters. The van der Waals surface area contributed by atoms with Crippen LogP contribution in [0.5, 0.6) is 46.8 Å². The maximum absolute atomic E-state index is 12.6. The van der Waals surface area contributed by atoms with Gasteiger partial charge in [-0.25, -0.2) is 16.8 Å². The number of aromatic nitrogens is 4. The zero-order valence-electron chi connectivity index (χ0n) is 44.3. The first-order valence-corrected chi connectivity index (χ1v) is 28.2. The standard InChI is InChI=1S/C46H34N6O10S2.2C6H15N/c53-63(54,55)39-27-33(47-41-29-43(59-35-13-5-1-6-14-35)51-45(49-41)61-37-17-9-3-10-18-37)25-23-31(39)21-22-32-24-26-34(28-40(32)64(56,57)58)48-42-30-44(60-36-15-7-2-8-16-36)52-46(50-42)62-38-19-11-4-12-20-38;2*1-4-7(5-2)6-3/h1-30H,(H,47,49,51)(H,48,50,52)(H,53,54,55)(H,56,57,58);2*4-6H2,1-3H3/b22-21+;;. The average Bonchev–Trinajstić information content (AvgIpc) is 3.45.